The third-order valence-corrected chi connectivity index (χ3v) is 4.61. The zero-order valence-corrected chi connectivity index (χ0v) is 15.7. The summed E-state index contributed by atoms with van der Waals surface area (Å²) in [6.07, 6.45) is 2.71. The lowest BCUT2D eigenvalue weighted by Crippen LogP contribution is -2.51. The number of nitrogens with two attached hydrogens (primary N) is 1. The van der Waals surface area contributed by atoms with Crippen molar-refractivity contribution in [2.24, 2.45) is 5.92 Å². The molecule has 1 aliphatic heterocycles. The predicted octanol–water partition coefficient (Wildman–Crippen LogP) is 2.42. The van der Waals surface area contributed by atoms with Crippen LogP contribution in [-0.2, 0) is 0 Å². The average Bonchev–Trinajstić information content (AvgIpc) is 2.61. The van der Waals surface area contributed by atoms with E-state index in [0.717, 1.165) is 37.4 Å². The van der Waals surface area contributed by atoms with Gasteiger partial charge in [-0.05, 0) is 49.1 Å². The molecule has 0 saturated carbocycles. The molecule has 6 nitrogen and oxygen atoms in total. The van der Waals surface area contributed by atoms with Crippen LogP contribution in [0.4, 0.5) is 11.6 Å². The Bertz CT molecular complexity index is 790. The van der Waals surface area contributed by atoms with Gasteiger partial charge in [-0.25, -0.2) is 9.97 Å². The molecule has 1 atom stereocenters. The number of carbonyl (C=O) groups excluding carboxylic acids is 1. The number of pyridine rings is 2. The number of carbonyl (C=O) groups is 1. The number of hydrogen-bond acceptors (Lipinski definition) is 6. The molecule has 0 bridgehead atoms. The highest BCUT2D eigenvalue weighted by molar-refractivity contribution is 6.10. The Balaban J connectivity index is 1.86. The van der Waals surface area contributed by atoms with E-state index in [1.807, 2.05) is 19.1 Å². The molecule has 0 spiro atoms. The van der Waals surface area contributed by atoms with Gasteiger partial charge in [0.05, 0.1) is 5.56 Å². The second kappa shape index (κ2) is 7.83. The van der Waals surface area contributed by atoms with Crippen molar-refractivity contribution >= 4 is 17.4 Å². The van der Waals surface area contributed by atoms with E-state index in [1.54, 1.807) is 18.3 Å². The van der Waals surface area contributed by atoms with Crippen LogP contribution in [-0.4, -0.2) is 41.4 Å². The highest BCUT2D eigenvalue weighted by atomic mass is 16.1. The van der Waals surface area contributed by atoms with E-state index in [1.165, 1.54) is 0 Å². The summed E-state index contributed by atoms with van der Waals surface area (Å²) in [4.78, 5) is 23.8. The number of anilines is 2. The van der Waals surface area contributed by atoms with Crippen LogP contribution in [0.2, 0.25) is 0 Å². The van der Waals surface area contributed by atoms with Gasteiger partial charge in [0.25, 0.3) is 0 Å². The Morgan fingerprint density at radius 1 is 1.42 bits per heavy atom. The zero-order chi connectivity index (χ0) is 18.7. The van der Waals surface area contributed by atoms with E-state index < -0.39 is 0 Å². The molecule has 2 aromatic heterocycles. The standard InChI is InChI=1S/C20H27N5O/c1-13(2)9-15-12-25(8-7-22-15)18-11-14(3)10-17(24-18)19(26)16-5-4-6-23-20(16)21/h4-6,10-11,13,15,22H,7-9,12H2,1-3H3,(H2,21,23)/t15-/m0/s1. The molecule has 0 unspecified atom stereocenters. The van der Waals surface area contributed by atoms with Crippen molar-refractivity contribution in [1.29, 1.82) is 0 Å². The van der Waals surface area contributed by atoms with Gasteiger partial charge in [-0.1, -0.05) is 13.8 Å². The molecular formula is C20H27N5O. The predicted molar refractivity (Wildman–Crippen MR) is 105 cm³/mol. The number of nitrogens with zero attached hydrogens (tertiary/aromatic N) is 3. The molecule has 1 aliphatic rings. The van der Waals surface area contributed by atoms with E-state index in [9.17, 15) is 4.79 Å². The van der Waals surface area contributed by atoms with Crippen LogP contribution < -0.4 is 16.0 Å². The first-order valence-electron chi connectivity index (χ1n) is 9.16. The molecule has 3 heterocycles. The third-order valence-electron chi connectivity index (χ3n) is 4.61. The Morgan fingerprint density at radius 3 is 2.96 bits per heavy atom. The monoisotopic (exact) mass is 353 g/mol. The summed E-state index contributed by atoms with van der Waals surface area (Å²) < 4.78 is 0. The van der Waals surface area contributed by atoms with Crippen molar-refractivity contribution in [2.45, 2.75) is 33.2 Å². The van der Waals surface area contributed by atoms with Gasteiger partial charge in [-0.2, -0.15) is 0 Å². The maximum atomic E-state index is 12.9. The molecule has 3 rings (SSSR count). The lowest BCUT2D eigenvalue weighted by Gasteiger charge is -2.35. The fourth-order valence-electron chi connectivity index (χ4n) is 3.44. The van der Waals surface area contributed by atoms with Crippen molar-refractivity contribution in [1.82, 2.24) is 15.3 Å². The minimum absolute atomic E-state index is 0.186. The van der Waals surface area contributed by atoms with Crippen LogP contribution >= 0.6 is 0 Å². The first-order chi connectivity index (χ1) is 12.4. The van der Waals surface area contributed by atoms with Gasteiger partial charge in [0, 0.05) is 31.9 Å². The van der Waals surface area contributed by atoms with Crippen LogP contribution in [0.1, 0.15) is 41.9 Å². The Hall–Kier alpha value is -2.47. The van der Waals surface area contributed by atoms with Crippen molar-refractivity contribution in [3.05, 3.63) is 47.3 Å². The molecule has 1 saturated heterocycles. The number of nitrogens with one attached hydrogen (secondary N) is 1. The minimum Gasteiger partial charge on any atom is -0.383 e. The Labute approximate surface area is 154 Å². The molecule has 0 radical (unpaired) electrons. The fourth-order valence-corrected chi connectivity index (χ4v) is 3.44. The van der Waals surface area contributed by atoms with Gasteiger partial charge in [0.1, 0.15) is 17.3 Å². The average molecular weight is 353 g/mol. The second-order valence-corrected chi connectivity index (χ2v) is 7.38. The van der Waals surface area contributed by atoms with E-state index in [2.05, 4.69) is 34.0 Å². The third kappa shape index (κ3) is 4.19. The molecule has 3 N–H and O–H groups in total. The largest absolute Gasteiger partial charge is 0.383 e. The highest BCUT2D eigenvalue weighted by Crippen LogP contribution is 2.21. The van der Waals surface area contributed by atoms with Crippen molar-refractivity contribution in [2.75, 3.05) is 30.3 Å². The minimum atomic E-state index is -0.186. The number of piperazine rings is 1. The summed E-state index contributed by atoms with van der Waals surface area (Å²) in [6.45, 7) is 9.17. The van der Waals surface area contributed by atoms with Crippen LogP contribution in [0.5, 0.6) is 0 Å². The van der Waals surface area contributed by atoms with Gasteiger partial charge < -0.3 is 16.0 Å². The highest BCUT2D eigenvalue weighted by Gasteiger charge is 2.23. The first kappa shape index (κ1) is 18.3. The van der Waals surface area contributed by atoms with E-state index >= 15 is 0 Å². The Kier molecular flexibility index (Phi) is 5.52. The van der Waals surface area contributed by atoms with Crippen LogP contribution in [0.15, 0.2) is 30.5 Å². The van der Waals surface area contributed by atoms with Crippen molar-refractivity contribution in [3.63, 3.8) is 0 Å². The normalized spacial score (nSPS) is 17.5. The number of rotatable bonds is 5. The number of nitrogen functional groups attached to an aromatic ring is 1. The summed E-state index contributed by atoms with van der Waals surface area (Å²) >= 11 is 0. The zero-order valence-electron chi connectivity index (χ0n) is 15.7. The SMILES string of the molecule is Cc1cc(C(=O)c2cccnc2N)nc(N2CCN[C@@H](CC(C)C)C2)c1. The number of hydrogen-bond donors (Lipinski definition) is 2. The summed E-state index contributed by atoms with van der Waals surface area (Å²) in [5.74, 6) is 1.55. The van der Waals surface area contributed by atoms with Gasteiger partial charge in [0.15, 0.2) is 0 Å². The maximum absolute atomic E-state index is 12.9. The van der Waals surface area contributed by atoms with Gasteiger partial charge >= 0.3 is 0 Å². The van der Waals surface area contributed by atoms with Gasteiger partial charge in [-0.3, -0.25) is 4.79 Å². The molecule has 0 aliphatic carbocycles. The van der Waals surface area contributed by atoms with E-state index in [-0.39, 0.29) is 11.6 Å². The smallest absolute Gasteiger partial charge is 0.215 e. The lowest BCUT2D eigenvalue weighted by molar-refractivity contribution is 0.103. The molecule has 26 heavy (non-hydrogen) atoms. The molecule has 1 fully saturated rings. The summed E-state index contributed by atoms with van der Waals surface area (Å²) in [5.41, 5.74) is 7.69. The van der Waals surface area contributed by atoms with E-state index in [0.29, 0.717) is 23.2 Å². The maximum Gasteiger partial charge on any atom is 0.215 e. The van der Waals surface area contributed by atoms with Gasteiger partial charge in [-0.15, -0.1) is 0 Å². The van der Waals surface area contributed by atoms with Crippen LogP contribution in [0.25, 0.3) is 0 Å². The number of aryl methyl sites for hydroxylation is 1. The molecule has 0 aromatic carbocycles. The second-order valence-electron chi connectivity index (χ2n) is 7.38. The summed E-state index contributed by atoms with van der Waals surface area (Å²) in [5, 5.41) is 3.57. The Morgan fingerprint density at radius 2 is 2.23 bits per heavy atom. The summed E-state index contributed by atoms with van der Waals surface area (Å²) in [6, 6.07) is 7.71. The molecule has 2 aromatic rings. The molecule has 6 heteroatoms. The molecule has 0 amide bonds. The van der Waals surface area contributed by atoms with Crippen molar-refractivity contribution < 1.29 is 4.79 Å². The lowest BCUT2D eigenvalue weighted by atomic mass is 10.0. The molecular weight excluding hydrogens is 326 g/mol. The van der Waals surface area contributed by atoms with Gasteiger partial charge in [0.2, 0.25) is 5.78 Å². The molecule has 138 valence electrons. The topological polar surface area (TPSA) is 84.1 Å². The number of ketones is 1. The quantitative estimate of drug-likeness (QED) is 0.803. The van der Waals surface area contributed by atoms with Crippen molar-refractivity contribution in [3.8, 4) is 0 Å². The first-order valence-corrected chi connectivity index (χ1v) is 9.16. The summed E-state index contributed by atoms with van der Waals surface area (Å²) in [7, 11) is 0. The van der Waals surface area contributed by atoms with Crippen LogP contribution in [0.3, 0.4) is 0 Å². The van der Waals surface area contributed by atoms with Crippen LogP contribution in [0, 0.1) is 12.8 Å². The number of aromatic nitrogens is 2. The van der Waals surface area contributed by atoms with E-state index in [4.69, 9.17) is 5.73 Å². The fraction of sp³-hybridized carbons (Fsp3) is 0.450.